The minimum absolute atomic E-state index is 0.341. The van der Waals surface area contributed by atoms with Crippen molar-refractivity contribution in [1.82, 2.24) is 15.0 Å². The summed E-state index contributed by atoms with van der Waals surface area (Å²) >= 11 is 0. The average molecular weight is 348 g/mol. The highest BCUT2D eigenvalue weighted by Gasteiger charge is 2.18. The van der Waals surface area contributed by atoms with E-state index in [0.29, 0.717) is 39.8 Å². The maximum absolute atomic E-state index is 6.14. The van der Waals surface area contributed by atoms with Gasteiger partial charge in [0.15, 0.2) is 11.4 Å². The van der Waals surface area contributed by atoms with Crippen molar-refractivity contribution in [2.24, 2.45) is 0 Å². The smallest absolute Gasteiger partial charge is 0.166 e. The van der Waals surface area contributed by atoms with E-state index in [9.17, 15) is 0 Å². The van der Waals surface area contributed by atoms with Gasteiger partial charge < -0.3 is 19.6 Å². The number of ether oxygens (including phenoxy) is 2. The van der Waals surface area contributed by atoms with Gasteiger partial charge in [-0.15, -0.1) is 0 Å². The van der Waals surface area contributed by atoms with Crippen LogP contribution in [-0.4, -0.2) is 29.2 Å². The third kappa shape index (κ3) is 2.59. The van der Waals surface area contributed by atoms with Gasteiger partial charge >= 0.3 is 0 Å². The molecule has 4 aromatic rings. The molecule has 0 spiro atoms. The van der Waals surface area contributed by atoms with Crippen LogP contribution in [0.1, 0.15) is 0 Å². The molecule has 0 radical (unpaired) electrons. The molecule has 0 aliphatic carbocycles. The number of methoxy groups -OCH3 is 2. The molecule has 0 atom stereocenters. The minimum Gasteiger partial charge on any atom is -0.497 e. The van der Waals surface area contributed by atoms with Gasteiger partial charge in [-0.2, -0.15) is 0 Å². The van der Waals surface area contributed by atoms with Crippen LogP contribution in [0.3, 0.4) is 0 Å². The first-order valence-corrected chi connectivity index (χ1v) is 7.88. The van der Waals surface area contributed by atoms with Crippen LogP contribution >= 0.6 is 0 Å². The lowest BCUT2D eigenvalue weighted by Gasteiger charge is -2.14. The lowest BCUT2D eigenvalue weighted by Crippen LogP contribution is -1.99. The van der Waals surface area contributed by atoms with Gasteiger partial charge in [-0.3, -0.25) is 0 Å². The Kier molecular flexibility index (Phi) is 3.89. The van der Waals surface area contributed by atoms with Crippen LogP contribution in [0.15, 0.2) is 53.4 Å². The summed E-state index contributed by atoms with van der Waals surface area (Å²) in [7, 11) is 3.23. The predicted octanol–water partition coefficient (Wildman–Crippen LogP) is 3.55. The molecule has 4 rings (SSSR count). The second-order valence-corrected chi connectivity index (χ2v) is 5.56. The molecule has 3 heterocycles. The first kappa shape index (κ1) is 15.9. The van der Waals surface area contributed by atoms with E-state index in [1.165, 1.54) is 6.33 Å². The summed E-state index contributed by atoms with van der Waals surface area (Å²) in [6.07, 6.45) is 2.99. The first-order valence-electron chi connectivity index (χ1n) is 7.88. The van der Waals surface area contributed by atoms with Gasteiger partial charge in [0.2, 0.25) is 0 Å². The van der Waals surface area contributed by atoms with E-state index >= 15 is 0 Å². The van der Waals surface area contributed by atoms with Gasteiger partial charge in [0.05, 0.1) is 25.9 Å². The van der Waals surface area contributed by atoms with Gasteiger partial charge in [0.1, 0.15) is 29.3 Å². The molecule has 130 valence electrons. The zero-order valence-corrected chi connectivity index (χ0v) is 14.3. The molecular formula is C19H16N4O3. The monoisotopic (exact) mass is 348 g/mol. The van der Waals surface area contributed by atoms with Crippen LogP contribution in [0, 0.1) is 0 Å². The van der Waals surface area contributed by atoms with Gasteiger partial charge in [0, 0.05) is 11.1 Å². The lowest BCUT2D eigenvalue weighted by molar-refractivity contribution is 0.404. The highest BCUT2D eigenvalue weighted by Crippen LogP contribution is 2.39. The summed E-state index contributed by atoms with van der Waals surface area (Å²) in [6.45, 7) is 0. The predicted molar refractivity (Wildman–Crippen MR) is 98.0 cm³/mol. The highest BCUT2D eigenvalue weighted by atomic mass is 16.5. The molecule has 7 nitrogen and oxygen atoms in total. The summed E-state index contributed by atoms with van der Waals surface area (Å²) < 4.78 is 16.4. The van der Waals surface area contributed by atoms with E-state index in [2.05, 4.69) is 15.0 Å². The summed E-state index contributed by atoms with van der Waals surface area (Å²) in [5.74, 6) is 2.34. The molecule has 2 N–H and O–H groups in total. The van der Waals surface area contributed by atoms with Crippen molar-refractivity contribution in [2.45, 2.75) is 0 Å². The lowest BCUT2D eigenvalue weighted by atomic mass is 10.00. The largest absolute Gasteiger partial charge is 0.497 e. The Morgan fingerprint density at radius 3 is 2.62 bits per heavy atom. The van der Waals surface area contributed by atoms with Crippen molar-refractivity contribution in [1.29, 1.82) is 0 Å². The molecule has 0 aliphatic heterocycles. The van der Waals surface area contributed by atoms with Crippen molar-refractivity contribution >= 4 is 16.9 Å². The third-order valence-corrected chi connectivity index (χ3v) is 4.10. The van der Waals surface area contributed by atoms with Crippen LogP contribution in [-0.2, 0) is 0 Å². The Hall–Kier alpha value is -3.61. The molecule has 0 saturated carbocycles. The van der Waals surface area contributed by atoms with Gasteiger partial charge in [-0.1, -0.05) is 0 Å². The molecule has 0 amide bonds. The fraction of sp³-hybridized carbons (Fsp3) is 0.105. The Morgan fingerprint density at radius 2 is 1.88 bits per heavy atom. The van der Waals surface area contributed by atoms with Crippen LogP contribution in [0.25, 0.3) is 33.6 Å². The molecular weight excluding hydrogens is 332 g/mol. The van der Waals surface area contributed by atoms with E-state index in [0.717, 1.165) is 11.1 Å². The molecule has 1 aromatic carbocycles. The van der Waals surface area contributed by atoms with Crippen LogP contribution < -0.4 is 15.2 Å². The average Bonchev–Trinajstić information content (AvgIpc) is 3.21. The number of nitrogens with two attached hydrogens (primary N) is 1. The zero-order valence-electron chi connectivity index (χ0n) is 14.3. The van der Waals surface area contributed by atoms with E-state index in [1.807, 2.05) is 30.3 Å². The second kappa shape index (κ2) is 6.36. The van der Waals surface area contributed by atoms with Gasteiger partial charge in [-0.25, -0.2) is 15.0 Å². The van der Waals surface area contributed by atoms with Crippen molar-refractivity contribution in [3.05, 3.63) is 49.0 Å². The number of pyridine rings is 1. The molecule has 0 fully saturated rings. The zero-order chi connectivity index (χ0) is 18.1. The number of hydrogen-bond acceptors (Lipinski definition) is 7. The summed E-state index contributed by atoms with van der Waals surface area (Å²) in [5.41, 5.74) is 8.84. The number of furan rings is 1. The minimum atomic E-state index is 0.341. The van der Waals surface area contributed by atoms with E-state index in [4.69, 9.17) is 19.6 Å². The molecule has 0 unspecified atom stereocenters. The number of hydrogen-bond donors (Lipinski definition) is 1. The number of benzene rings is 1. The molecule has 3 aromatic heterocycles. The Morgan fingerprint density at radius 1 is 1.00 bits per heavy atom. The SMILES string of the molecule is COc1ccc(OC)c(-c2cc(-c3ccco3)nc3ncnc(N)c23)c1. The Balaban J connectivity index is 2.08. The van der Waals surface area contributed by atoms with Crippen molar-refractivity contribution in [2.75, 3.05) is 20.0 Å². The number of rotatable bonds is 4. The molecule has 0 bridgehead atoms. The Labute approximate surface area is 149 Å². The number of nitrogens with zero attached hydrogens (tertiary/aromatic N) is 3. The molecule has 0 saturated heterocycles. The summed E-state index contributed by atoms with van der Waals surface area (Å²) in [5, 5.41) is 0.648. The van der Waals surface area contributed by atoms with Crippen LogP contribution in [0.2, 0.25) is 0 Å². The topological polar surface area (TPSA) is 96.3 Å². The standard InChI is InChI=1S/C19H16N4O3/c1-24-11-5-6-15(25-2)12(8-11)13-9-14(16-4-3-7-26-16)23-19-17(13)18(20)21-10-22-19/h3-10H,1-2H3,(H2,20,21,22,23). The van der Waals surface area contributed by atoms with Gasteiger partial charge in [0.25, 0.3) is 0 Å². The number of anilines is 1. The summed E-state index contributed by atoms with van der Waals surface area (Å²) in [6, 6.07) is 11.1. The van der Waals surface area contributed by atoms with Crippen molar-refractivity contribution in [3.63, 3.8) is 0 Å². The van der Waals surface area contributed by atoms with E-state index in [-0.39, 0.29) is 0 Å². The number of nitrogen functional groups attached to an aromatic ring is 1. The highest BCUT2D eigenvalue weighted by molar-refractivity contribution is 6.02. The van der Waals surface area contributed by atoms with Crippen molar-refractivity contribution < 1.29 is 13.9 Å². The maximum atomic E-state index is 6.14. The summed E-state index contributed by atoms with van der Waals surface area (Å²) in [4.78, 5) is 13.0. The maximum Gasteiger partial charge on any atom is 0.166 e. The fourth-order valence-corrected chi connectivity index (χ4v) is 2.88. The number of fused-ring (bicyclic) bond motifs is 1. The first-order chi connectivity index (χ1) is 12.7. The molecule has 0 aliphatic rings. The number of aromatic nitrogens is 3. The van der Waals surface area contributed by atoms with Gasteiger partial charge in [-0.05, 0) is 36.4 Å². The van der Waals surface area contributed by atoms with Crippen LogP contribution in [0.4, 0.5) is 5.82 Å². The quantitative estimate of drug-likeness (QED) is 0.602. The molecule has 26 heavy (non-hydrogen) atoms. The van der Waals surface area contributed by atoms with E-state index < -0.39 is 0 Å². The second-order valence-electron chi connectivity index (χ2n) is 5.56. The van der Waals surface area contributed by atoms with Crippen molar-refractivity contribution in [3.8, 4) is 34.1 Å². The Bertz CT molecular complexity index is 1080. The van der Waals surface area contributed by atoms with Crippen LogP contribution in [0.5, 0.6) is 11.5 Å². The molecule has 7 heteroatoms. The third-order valence-electron chi connectivity index (χ3n) is 4.10. The fourth-order valence-electron chi connectivity index (χ4n) is 2.88. The van der Waals surface area contributed by atoms with E-state index in [1.54, 1.807) is 26.5 Å². The normalized spacial score (nSPS) is 10.8.